The summed E-state index contributed by atoms with van der Waals surface area (Å²) in [5.74, 6) is -0.266. The van der Waals surface area contributed by atoms with Gasteiger partial charge in [-0.15, -0.1) is 11.3 Å². The Morgan fingerprint density at radius 3 is 2.76 bits per heavy atom. The highest BCUT2D eigenvalue weighted by Gasteiger charge is 2.42. The second-order valence-corrected chi connectivity index (χ2v) is 8.44. The highest BCUT2D eigenvalue weighted by molar-refractivity contribution is 7.89. The van der Waals surface area contributed by atoms with Crippen LogP contribution in [0.5, 0.6) is 0 Å². The van der Waals surface area contributed by atoms with E-state index in [4.69, 9.17) is 0 Å². The van der Waals surface area contributed by atoms with Crippen molar-refractivity contribution in [2.75, 3.05) is 13.1 Å². The Morgan fingerprint density at radius 2 is 2.00 bits per heavy atom. The number of carbonyl (C=O) groups excluding carboxylic acids is 1. The molecule has 0 saturated carbocycles. The number of thiophene rings is 1. The minimum absolute atomic E-state index is 0.139. The highest BCUT2D eigenvalue weighted by Crippen LogP contribution is 2.34. The van der Waals surface area contributed by atoms with E-state index in [-0.39, 0.29) is 17.3 Å². The molecule has 1 aliphatic heterocycles. The Morgan fingerprint density at radius 1 is 1.29 bits per heavy atom. The molecule has 1 aromatic carbocycles. The van der Waals surface area contributed by atoms with Gasteiger partial charge in [0.15, 0.2) is 0 Å². The fourth-order valence-corrected chi connectivity index (χ4v) is 5.70. The van der Waals surface area contributed by atoms with Gasteiger partial charge in [0.2, 0.25) is 15.9 Å². The van der Waals surface area contributed by atoms with Crippen molar-refractivity contribution in [3.8, 4) is 0 Å². The summed E-state index contributed by atoms with van der Waals surface area (Å²) >= 11 is 1.40. The first-order valence-corrected chi connectivity index (χ1v) is 8.90. The number of hydrogen-bond acceptors (Lipinski definition) is 4. The fraction of sp³-hybridized carbons (Fsp3) is 0.357. The van der Waals surface area contributed by atoms with Crippen LogP contribution in [0.3, 0.4) is 0 Å². The first-order valence-electron chi connectivity index (χ1n) is 6.58. The summed E-state index contributed by atoms with van der Waals surface area (Å²) in [6.07, 6.45) is 0. The quantitative estimate of drug-likeness (QED) is 0.916. The molecule has 1 saturated heterocycles. The van der Waals surface area contributed by atoms with Crippen molar-refractivity contribution in [1.29, 1.82) is 0 Å². The summed E-state index contributed by atoms with van der Waals surface area (Å²) in [5.41, 5.74) is -0.643. The van der Waals surface area contributed by atoms with E-state index < -0.39 is 15.6 Å². The summed E-state index contributed by atoms with van der Waals surface area (Å²) in [6, 6.07) is 7.40. The van der Waals surface area contributed by atoms with Crippen molar-refractivity contribution in [2.24, 2.45) is 0 Å². The Bertz CT molecular complexity index is 808. The standard InChI is InChI=1S/C14H16N2O3S2/c1-14(2)9-15-13(17)7-16(14)21(18,19)12-8-20-11-6-4-3-5-10(11)12/h3-6,8H,7,9H2,1-2H3,(H,15,17). The number of fused-ring (bicyclic) bond motifs is 1. The fourth-order valence-electron chi connectivity index (χ4n) is 2.49. The van der Waals surface area contributed by atoms with Crippen LogP contribution in [0, 0.1) is 0 Å². The van der Waals surface area contributed by atoms with Crippen molar-refractivity contribution in [2.45, 2.75) is 24.3 Å². The van der Waals surface area contributed by atoms with Crippen molar-refractivity contribution in [1.82, 2.24) is 9.62 Å². The minimum Gasteiger partial charge on any atom is -0.353 e. The first-order chi connectivity index (χ1) is 9.82. The summed E-state index contributed by atoms with van der Waals surface area (Å²) < 4.78 is 28.2. The number of hydrogen-bond donors (Lipinski definition) is 1. The van der Waals surface area contributed by atoms with Crippen LogP contribution in [0.4, 0.5) is 0 Å². The number of amides is 1. The SMILES string of the molecule is CC1(C)CNC(=O)CN1S(=O)(=O)c1csc2ccccc12. The molecule has 0 aliphatic carbocycles. The number of nitrogens with zero attached hydrogens (tertiary/aromatic N) is 1. The molecule has 1 aliphatic rings. The van der Waals surface area contributed by atoms with Gasteiger partial charge in [0.05, 0.1) is 6.54 Å². The van der Waals surface area contributed by atoms with Gasteiger partial charge in [-0.05, 0) is 19.9 Å². The van der Waals surface area contributed by atoms with Crippen molar-refractivity contribution in [3.63, 3.8) is 0 Å². The molecule has 0 spiro atoms. The molecule has 1 N–H and O–H groups in total. The molecule has 21 heavy (non-hydrogen) atoms. The van der Waals surface area contributed by atoms with E-state index in [2.05, 4.69) is 5.32 Å². The number of nitrogens with one attached hydrogen (secondary N) is 1. The number of rotatable bonds is 2. The van der Waals surface area contributed by atoms with Gasteiger partial charge in [-0.2, -0.15) is 4.31 Å². The van der Waals surface area contributed by atoms with Crippen LogP contribution in [0.2, 0.25) is 0 Å². The molecular weight excluding hydrogens is 308 g/mol. The molecule has 112 valence electrons. The normalized spacial score (nSPS) is 19.6. The van der Waals surface area contributed by atoms with Crippen LogP contribution in [0.15, 0.2) is 34.5 Å². The molecule has 1 fully saturated rings. The lowest BCUT2D eigenvalue weighted by molar-refractivity contribution is -0.124. The Kier molecular flexibility index (Phi) is 3.31. The lowest BCUT2D eigenvalue weighted by atomic mass is 10.0. The number of piperazine rings is 1. The van der Waals surface area contributed by atoms with Crippen LogP contribution in [0.1, 0.15) is 13.8 Å². The van der Waals surface area contributed by atoms with Gasteiger partial charge in [-0.25, -0.2) is 8.42 Å². The average Bonchev–Trinajstić information content (AvgIpc) is 2.86. The van der Waals surface area contributed by atoms with Gasteiger partial charge >= 0.3 is 0 Å². The van der Waals surface area contributed by atoms with E-state index in [1.807, 2.05) is 32.0 Å². The molecule has 1 aromatic heterocycles. The Hall–Kier alpha value is -1.44. The molecule has 7 heteroatoms. The van der Waals surface area contributed by atoms with Crippen molar-refractivity contribution < 1.29 is 13.2 Å². The molecule has 5 nitrogen and oxygen atoms in total. The van der Waals surface area contributed by atoms with E-state index >= 15 is 0 Å². The van der Waals surface area contributed by atoms with Crippen molar-refractivity contribution in [3.05, 3.63) is 29.6 Å². The molecular formula is C14H16N2O3S2. The molecule has 2 aromatic rings. The van der Waals surface area contributed by atoms with Gasteiger partial charge < -0.3 is 5.32 Å². The van der Waals surface area contributed by atoms with Gasteiger partial charge in [-0.3, -0.25) is 4.79 Å². The largest absolute Gasteiger partial charge is 0.353 e. The number of benzene rings is 1. The second kappa shape index (κ2) is 4.79. The topological polar surface area (TPSA) is 66.5 Å². The van der Waals surface area contributed by atoms with Gasteiger partial charge in [0, 0.05) is 27.5 Å². The van der Waals surface area contributed by atoms with Crippen LogP contribution in [0.25, 0.3) is 10.1 Å². The average molecular weight is 324 g/mol. The zero-order valence-electron chi connectivity index (χ0n) is 11.8. The second-order valence-electron chi connectivity index (χ2n) is 5.70. The summed E-state index contributed by atoms with van der Waals surface area (Å²) in [5, 5.41) is 5.08. The monoisotopic (exact) mass is 324 g/mol. The molecule has 3 rings (SSSR count). The Balaban J connectivity index is 2.13. The van der Waals surface area contributed by atoms with E-state index in [9.17, 15) is 13.2 Å². The third-order valence-electron chi connectivity index (χ3n) is 3.69. The zero-order chi connectivity index (χ0) is 15.3. The zero-order valence-corrected chi connectivity index (χ0v) is 13.4. The van der Waals surface area contributed by atoms with Crippen LogP contribution < -0.4 is 5.32 Å². The molecule has 0 bridgehead atoms. The van der Waals surface area contributed by atoms with E-state index in [1.165, 1.54) is 15.6 Å². The summed E-state index contributed by atoms with van der Waals surface area (Å²) in [7, 11) is -3.70. The lowest BCUT2D eigenvalue weighted by Gasteiger charge is -2.40. The van der Waals surface area contributed by atoms with Crippen LogP contribution in [-0.4, -0.2) is 37.3 Å². The van der Waals surface area contributed by atoms with E-state index in [0.717, 1.165) is 4.70 Å². The minimum atomic E-state index is -3.70. The van der Waals surface area contributed by atoms with Crippen molar-refractivity contribution >= 4 is 37.4 Å². The van der Waals surface area contributed by atoms with Crippen LogP contribution >= 0.6 is 11.3 Å². The maximum absolute atomic E-state index is 13.0. The maximum atomic E-state index is 13.0. The summed E-state index contributed by atoms with van der Waals surface area (Å²) in [6.45, 7) is 3.81. The third kappa shape index (κ3) is 2.35. The molecule has 0 radical (unpaired) electrons. The van der Waals surface area contributed by atoms with Gasteiger partial charge in [0.25, 0.3) is 0 Å². The smallest absolute Gasteiger partial charge is 0.245 e. The molecule has 0 atom stereocenters. The molecule has 2 heterocycles. The number of carbonyl (C=O) groups is 1. The van der Waals surface area contributed by atoms with E-state index in [1.54, 1.807) is 11.4 Å². The molecule has 1 amide bonds. The third-order valence-corrected chi connectivity index (χ3v) is 6.90. The van der Waals surface area contributed by atoms with E-state index in [0.29, 0.717) is 11.9 Å². The van der Waals surface area contributed by atoms with Gasteiger partial charge in [-0.1, -0.05) is 18.2 Å². The lowest BCUT2D eigenvalue weighted by Crippen LogP contribution is -2.61. The highest BCUT2D eigenvalue weighted by atomic mass is 32.2. The predicted octanol–water partition coefficient (Wildman–Crippen LogP) is 1.80. The van der Waals surface area contributed by atoms with Crippen LogP contribution in [-0.2, 0) is 14.8 Å². The number of sulfonamides is 1. The Labute approximate surface area is 127 Å². The maximum Gasteiger partial charge on any atom is 0.245 e. The van der Waals surface area contributed by atoms with Gasteiger partial charge in [0.1, 0.15) is 4.90 Å². The molecule has 0 unspecified atom stereocenters. The predicted molar refractivity (Wildman–Crippen MR) is 82.8 cm³/mol. The summed E-state index contributed by atoms with van der Waals surface area (Å²) in [4.78, 5) is 11.9. The first kappa shape index (κ1) is 14.5.